The Morgan fingerprint density at radius 1 is 0.534 bits per heavy atom. The van der Waals surface area contributed by atoms with Crippen LogP contribution in [0.3, 0.4) is 0 Å². The Hall–Kier alpha value is -1.02. The minimum atomic E-state index is -4.27. The third-order valence-electron chi connectivity index (χ3n) is 10.8. The number of rotatable bonds is 46. The highest BCUT2D eigenvalue weighted by atomic mass is 31.2. The molecule has 0 aliphatic rings. The second-order valence-electron chi connectivity index (χ2n) is 17.9. The number of phosphoric ester groups is 1. The van der Waals surface area contributed by atoms with E-state index in [1.807, 2.05) is 21.1 Å². The highest BCUT2D eigenvalue weighted by Crippen LogP contribution is 2.43. The molecule has 0 spiro atoms. The lowest BCUT2D eigenvalue weighted by Gasteiger charge is -2.24. The van der Waals surface area contributed by atoms with E-state index in [4.69, 9.17) is 18.5 Å². The second-order valence-corrected chi connectivity index (χ2v) is 19.3. The van der Waals surface area contributed by atoms with E-state index in [1.54, 1.807) is 0 Å². The third kappa shape index (κ3) is 46.1. The molecule has 9 heteroatoms. The zero-order valence-electron chi connectivity index (χ0n) is 39.0. The van der Waals surface area contributed by atoms with Gasteiger partial charge in [-0.3, -0.25) is 13.8 Å². The Labute approximate surface area is 360 Å². The van der Waals surface area contributed by atoms with E-state index in [1.165, 1.54) is 167 Å². The average Bonchev–Trinajstić information content (AvgIpc) is 3.18. The quantitative estimate of drug-likeness (QED) is 0.0215. The zero-order chi connectivity index (χ0) is 42.7. The van der Waals surface area contributed by atoms with Crippen LogP contribution in [0.15, 0.2) is 24.3 Å². The molecule has 0 aromatic heterocycles. The van der Waals surface area contributed by atoms with Crippen LogP contribution in [0.1, 0.15) is 226 Å². The fourth-order valence-corrected chi connectivity index (χ4v) is 7.68. The number of likely N-dealkylation sites (N-methyl/N-ethyl adjacent to an activating group) is 1. The van der Waals surface area contributed by atoms with Crippen LogP contribution in [0.5, 0.6) is 0 Å². The Kier molecular flexibility index (Phi) is 41.9. The Morgan fingerprint density at radius 2 is 0.948 bits per heavy atom. The molecule has 0 amide bonds. The van der Waals surface area contributed by atoms with Crippen molar-refractivity contribution in [2.75, 3.05) is 54.1 Å². The summed E-state index contributed by atoms with van der Waals surface area (Å²) < 4.78 is 35.1. The van der Waals surface area contributed by atoms with Crippen LogP contribution < -0.4 is 0 Å². The van der Waals surface area contributed by atoms with E-state index < -0.39 is 13.9 Å². The standard InChI is InChI=1S/C49H96NO7P/c1-6-8-10-12-14-16-18-20-22-23-24-25-26-27-28-29-31-33-35-37-39-41-44-54-46-48(47-56-58(52,53)55-45-43-50(3,4)5)57-49(51)42-40-38-36-34-32-30-21-19-17-15-13-11-9-7-2/h18,20,23-24,48H,6-17,19,21-22,25-47H2,1-5H3/p+1/b20-18-,24-23-. The summed E-state index contributed by atoms with van der Waals surface area (Å²) in [6, 6.07) is 0. The number of carbonyl (C=O) groups is 1. The predicted octanol–water partition coefficient (Wildman–Crippen LogP) is 14.8. The van der Waals surface area contributed by atoms with Crippen molar-refractivity contribution >= 4 is 13.8 Å². The van der Waals surface area contributed by atoms with Crippen molar-refractivity contribution in [1.82, 2.24) is 0 Å². The Morgan fingerprint density at radius 3 is 1.40 bits per heavy atom. The van der Waals surface area contributed by atoms with Crippen LogP contribution in [-0.4, -0.2) is 75.6 Å². The van der Waals surface area contributed by atoms with Gasteiger partial charge in [-0.05, 0) is 44.9 Å². The van der Waals surface area contributed by atoms with Gasteiger partial charge in [-0.2, -0.15) is 0 Å². The number of unbranched alkanes of at least 4 members (excludes halogenated alkanes) is 28. The van der Waals surface area contributed by atoms with Crippen molar-refractivity contribution in [3.63, 3.8) is 0 Å². The molecule has 1 N–H and O–H groups in total. The molecule has 344 valence electrons. The van der Waals surface area contributed by atoms with Gasteiger partial charge in [-0.15, -0.1) is 0 Å². The smallest absolute Gasteiger partial charge is 0.457 e. The summed E-state index contributed by atoms with van der Waals surface area (Å²) in [5.41, 5.74) is 0. The van der Waals surface area contributed by atoms with Crippen LogP contribution in [0, 0.1) is 0 Å². The molecule has 0 aromatic rings. The summed E-state index contributed by atoms with van der Waals surface area (Å²) in [6.07, 6.45) is 49.3. The maximum atomic E-state index is 12.7. The van der Waals surface area contributed by atoms with E-state index in [-0.39, 0.29) is 25.8 Å². The Balaban J connectivity index is 4.12. The van der Waals surface area contributed by atoms with Gasteiger partial charge >= 0.3 is 13.8 Å². The number of quaternary nitrogens is 1. The van der Waals surface area contributed by atoms with E-state index in [9.17, 15) is 14.3 Å². The number of esters is 1. The fraction of sp³-hybridized carbons (Fsp3) is 0.898. The molecule has 0 saturated carbocycles. The van der Waals surface area contributed by atoms with E-state index in [2.05, 4.69) is 38.2 Å². The number of hydrogen-bond donors (Lipinski definition) is 1. The Bertz CT molecular complexity index is 983. The number of allylic oxidation sites excluding steroid dienone is 4. The lowest BCUT2D eigenvalue weighted by atomic mass is 10.0. The van der Waals surface area contributed by atoms with Gasteiger partial charge in [0.25, 0.3) is 0 Å². The van der Waals surface area contributed by atoms with Crippen molar-refractivity contribution in [3.8, 4) is 0 Å². The summed E-state index contributed by atoms with van der Waals surface area (Å²) in [6.45, 7) is 5.64. The van der Waals surface area contributed by atoms with Crippen molar-refractivity contribution < 1.29 is 37.3 Å². The van der Waals surface area contributed by atoms with Gasteiger partial charge in [0.2, 0.25) is 0 Å². The molecule has 2 unspecified atom stereocenters. The highest BCUT2D eigenvalue weighted by molar-refractivity contribution is 7.47. The first-order valence-corrected chi connectivity index (χ1v) is 26.1. The van der Waals surface area contributed by atoms with Crippen LogP contribution in [0.4, 0.5) is 0 Å². The second kappa shape index (κ2) is 42.7. The van der Waals surface area contributed by atoms with Crippen molar-refractivity contribution in [2.45, 2.75) is 232 Å². The number of carbonyl (C=O) groups excluding carboxylic acids is 1. The maximum absolute atomic E-state index is 12.7. The molecule has 0 radical (unpaired) electrons. The predicted molar refractivity (Wildman–Crippen MR) is 247 cm³/mol. The number of hydrogen-bond acceptors (Lipinski definition) is 6. The first kappa shape index (κ1) is 57.0. The molecule has 58 heavy (non-hydrogen) atoms. The first-order valence-electron chi connectivity index (χ1n) is 24.6. The van der Waals surface area contributed by atoms with Crippen LogP contribution in [0.25, 0.3) is 0 Å². The molecule has 0 fully saturated rings. The van der Waals surface area contributed by atoms with Crippen LogP contribution >= 0.6 is 7.82 Å². The molecule has 2 atom stereocenters. The summed E-state index contributed by atoms with van der Waals surface area (Å²) in [5, 5.41) is 0. The monoisotopic (exact) mass is 843 g/mol. The van der Waals surface area contributed by atoms with Crippen molar-refractivity contribution in [2.24, 2.45) is 0 Å². The number of ether oxygens (including phenoxy) is 2. The SMILES string of the molecule is CCCCCCC/C=C\C/C=C\CCCCCCCCCCCCOCC(COP(=O)(O)OCC[N+](C)(C)C)OC(=O)CCCCCCCCCCCCCCCC. The highest BCUT2D eigenvalue weighted by Gasteiger charge is 2.26. The normalized spacial score (nSPS) is 13.8. The minimum absolute atomic E-state index is 0.0903. The fourth-order valence-electron chi connectivity index (χ4n) is 6.94. The lowest BCUT2D eigenvalue weighted by molar-refractivity contribution is -0.870. The summed E-state index contributed by atoms with van der Waals surface area (Å²) in [4.78, 5) is 22.9. The van der Waals surface area contributed by atoms with Gasteiger partial charge in [0.1, 0.15) is 19.3 Å². The average molecular weight is 843 g/mol. The number of phosphoric acid groups is 1. The van der Waals surface area contributed by atoms with Gasteiger partial charge in [0.15, 0.2) is 0 Å². The van der Waals surface area contributed by atoms with Crippen LogP contribution in [0.2, 0.25) is 0 Å². The molecule has 0 bridgehead atoms. The minimum Gasteiger partial charge on any atom is -0.457 e. The molecule has 0 aliphatic carbocycles. The van der Waals surface area contributed by atoms with Crippen LogP contribution in [-0.2, 0) is 27.9 Å². The van der Waals surface area contributed by atoms with E-state index >= 15 is 0 Å². The summed E-state index contributed by atoms with van der Waals surface area (Å²) >= 11 is 0. The van der Waals surface area contributed by atoms with E-state index in [0.717, 1.165) is 38.5 Å². The molecule has 0 aliphatic heterocycles. The van der Waals surface area contributed by atoms with Crippen molar-refractivity contribution in [1.29, 1.82) is 0 Å². The van der Waals surface area contributed by atoms with E-state index in [0.29, 0.717) is 24.1 Å². The molecular weight excluding hydrogens is 746 g/mol. The maximum Gasteiger partial charge on any atom is 0.472 e. The van der Waals surface area contributed by atoms with Gasteiger partial charge in [0.05, 0.1) is 34.4 Å². The third-order valence-corrected chi connectivity index (χ3v) is 11.7. The van der Waals surface area contributed by atoms with Gasteiger partial charge in [-0.25, -0.2) is 4.57 Å². The molecule has 0 aromatic carbocycles. The summed E-state index contributed by atoms with van der Waals surface area (Å²) in [5.74, 6) is -0.311. The largest absolute Gasteiger partial charge is 0.472 e. The van der Waals surface area contributed by atoms with Crippen molar-refractivity contribution in [3.05, 3.63) is 24.3 Å². The molecular formula is C49H97NO7P+. The number of nitrogens with zero attached hydrogens (tertiary/aromatic N) is 1. The van der Waals surface area contributed by atoms with Gasteiger partial charge < -0.3 is 18.9 Å². The summed E-state index contributed by atoms with van der Waals surface area (Å²) in [7, 11) is 1.68. The zero-order valence-corrected chi connectivity index (χ0v) is 39.9. The molecule has 0 heterocycles. The van der Waals surface area contributed by atoms with Gasteiger partial charge in [0, 0.05) is 13.0 Å². The lowest BCUT2D eigenvalue weighted by Crippen LogP contribution is -2.37. The topological polar surface area (TPSA) is 91.3 Å². The molecule has 0 rings (SSSR count). The molecule has 8 nitrogen and oxygen atoms in total. The first-order chi connectivity index (χ1) is 28.1. The van der Waals surface area contributed by atoms with Gasteiger partial charge in [-0.1, -0.05) is 199 Å². The molecule has 0 saturated heterocycles.